The number of nitrogens with zero attached hydrogens (tertiary/aromatic N) is 7. The zero-order chi connectivity index (χ0) is 29.0. The largest absolute Gasteiger partial charge is 0.309 e. The first-order chi connectivity index (χ1) is 20.3. The lowest BCUT2D eigenvalue weighted by molar-refractivity contribution is 0.924. The van der Waals surface area contributed by atoms with E-state index in [1.54, 1.807) is 0 Å². The van der Waals surface area contributed by atoms with E-state index in [2.05, 4.69) is 116 Å². The van der Waals surface area contributed by atoms with Gasteiger partial charge in [0.05, 0.1) is 16.7 Å². The van der Waals surface area contributed by atoms with Crippen LogP contribution in [0.15, 0.2) is 84.9 Å². The molecule has 0 saturated carbocycles. The molecule has 7 nitrogen and oxygen atoms in total. The standard InChI is InChI=1S/C35H29N7/c1-20-10-12-25(13-11-20)26-14-16-32-29(18-26)28-8-6-7-9-31(28)42(32)33-17-15-27(34-38-21(2)36-22(3)39-34)19-30(33)35-40-23(4)37-24(5)41-35/h6-19H,1-5H3. The van der Waals surface area contributed by atoms with Gasteiger partial charge in [-0.3, -0.25) is 0 Å². The molecule has 0 aliphatic heterocycles. The molecule has 0 amide bonds. The van der Waals surface area contributed by atoms with Gasteiger partial charge < -0.3 is 4.57 Å². The molecule has 0 radical (unpaired) electrons. The van der Waals surface area contributed by atoms with Crippen molar-refractivity contribution in [2.75, 3.05) is 0 Å². The summed E-state index contributed by atoms with van der Waals surface area (Å²) in [5.74, 6) is 3.95. The van der Waals surface area contributed by atoms with Crippen molar-refractivity contribution in [3.05, 3.63) is 114 Å². The van der Waals surface area contributed by atoms with Crippen LogP contribution >= 0.6 is 0 Å². The lowest BCUT2D eigenvalue weighted by Crippen LogP contribution is -2.04. The Kier molecular flexibility index (Phi) is 6.08. The summed E-state index contributed by atoms with van der Waals surface area (Å²) in [6, 6.07) is 30.2. The van der Waals surface area contributed by atoms with Crippen LogP contribution in [-0.2, 0) is 0 Å². The van der Waals surface area contributed by atoms with Crippen LogP contribution in [0.2, 0.25) is 0 Å². The molecule has 4 aromatic carbocycles. The summed E-state index contributed by atoms with van der Waals surface area (Å²) in [5, 5.41) is 2.37. The average molecular weight is 548 g/mol. The molecule has 3 heterocycles. The number of hydrogen-bond donors (Lipinski definition) is 0. The third kappa shape index (κ3) is 4.49. The molecule has 204 valence electrons. The van der Waals surface area contributed by atoms with Crippen molar-refractivity contribution < 1.29 is 0 Å². The van der Waals surface area contributed by atoms with Gasteiger partial charge in [0.1, 0.15) is 23.3 Å². The zero-order valence-electron chi connectivity index (χ0n) is 24.2. The normalized spacial score (nSPS) is 11.5. The van der Waals surface area contributed by atoms with Crippen LogP contribution < -0.4 is 0 Å². The number of para-hydroxylation sites is 1. The quantitative estimate of drug-likeness (QED) is 0.225. The fraction of sp³-hybridized carbons (Fsp3) is 0.143. The molecule has 42 heavy (non-hydrogen) atoms. The SMILES string of the molecule is Cc1ccc(-c2ccc3c(c2)c2ccccc2n3-c2ccc(-c3nc(C)nc(C)n3)cc2-c2nc(C)nc(C)n2)cc1. The second kappa shape index (κ2) is 9.96. The fourth-order valence-electron chi connectivity index (χ4n) is 5.69. The molecule has 3 aromatic heterocycles. The summed E-state index contributed by atoms with van der Waals surface area (Å²) in [7, 11) is 0. The van der Waals surface area contributed by atoms with Crippen molar-refractivity contribution in [3.8, 4) is 39.6 Å². The highest BCUT2D eigenvalue weighted by molar-refractivity contribution is 6.11. The summed E-state index contributed by atoms with van der Waals surface area (Å²) in [5.41, 5.74) is 8.57. The number of aromatic nitrogens is 7. The van der Waals surface area contributed by atoms with Gasteiger partial charge in [0.25, 0.3) is 0 Å². The first-order valence-electron chi connectivity index (χ1n) is 14.0. The smallest absolute Gasteiger partial charge is 0.165 e. The van der Waals surface area contributed by atoms with Crippen LogP contribution in [0.4, 0.5) is 0 Å². The predicted molar refractivity (Wildman–Crippen MR) is 168 cm³/mol. The molecular weight excluding hydrogens is 518 g/mol. The van der Waals surface area contributed by atoms with Crippen LogP contribution in [0, 0.1) is 34.6 Å². The monoisotopic (exact) mass is 547 g/mol. The maximum atomic E-state index is 4.78. The molecule has 0 fully saturated rings. The van der Waals surface area contributed by atoms with E-state index in [1.807, 2.05) is 27.7 Å². The van der Waals surface area contributed by atoms with E-state index in [9.17, 15) is 0 Å². The van der Waals surface area contributed by atoms with Crippen LogP contribution in [0.3, 0.4) is 0 Å². The number of hydrogen-bond acceptors (Lipinski definition) is 6. The van der Waals surface area contributed by atoms with Crippen molar-refractivity contribution in [3.63, 3.8) is 0 Å². The predicted octanol–water partition coefficient (Wildman–Crippen LogP) is 7.70. The second-order valence-corrected chi connectivity index (χ2v) is 10.7. The van der Waals surface area contributed by atoms with Gasteiger partial charge in [-0.1, -0.05) is 54.1 Å². The van der Waals surface area contributed by atoms with Crippen LogP contribution in [0.5, 0.6) is 0 Å². The summed E-state index contributed by atoms with van der Waals surface area (Å²) >= 11 is 0. The Labute approximate surface area is 244 Å². The van der Waals surface area contributed by atoms with Crippen molar-refractivity contribution in [1.29, 1.82) is 0 Å². The Morgan fingerprint density at radius 3 is 1.71 bits per heavy atom. The molecule has 7 aromatic rings. The first-order valence-corrected chi connectivity index (χ1v) is 14.0. The Morgan fingerprint density at radius 2 is 1.02 bits per heavy atom. The van der Waals surface area contributed by atoms with E-state index in [1.165, 1.54) is 27.5 Å². The molecule has 0 N–H and O–H groups in total. The Hall–Kier alpha value is -5.30. The van der Waals surface area contributed by atoms with Crippen molar-refractivity contribution in [2.24, 2.45) is 0 Å². The van der Waals surface area contributed by atoms with E-state index < -0.39 is 0 Å². The molecule has 0 spiro atoms. The molecule has 7 rings (SSSR count). The minimum atomic E-state index is 0.613. The van der Waals surface area contributed by atoms with Gasteiger partial charge in [0.15, 0.2) is 11.6 Å². The number of rotatable bonds is 4. The molecular formula is C35H29N7. The van der Waals surface area contributed by atoms with Gasteiger partial charge in [-0.2, -0.15) is 0 Å². The molecule has 0 unspecified atom stereocenters. The summed E-state index contributed by atoms with van der Waals surface area (Å²) in [6.07, 6.45) is 0. The molecule has 0 atom stereocenters. The average Bonchev–Trinajstić information content (AvgIpc) is 3.30. The van der Waals surface area contributed by atoms with Gasteiger partial charge in [-0.15, -0.1) is 0 Å². The highest BCUT2D eigenvalue weighted by Gasteiger charge is 2.19. The minimum absolute atomic E-state index is 0.613. The summed E-state index contributed by atoms with van der Waals surface area (Å²) in [4.78, 5) is 27.6. The molecule has 0 aliphatic rings. The fourth-order valence-corrected chi connectivity index (χ4v) is 5.69. The Bertz CT molecular complexity index is 2100. The highest BCUT2D eigenvalue weighted by Crippen LogP contribution is 2.38. The zero-order valence-corrected chi connectivity index (χ0v) is 24.2. The van der Waals surface area contributed by atoms with E-state index in [0.717, 1.165) is 27.8 Å². The number of benzene rings is 4. The van der Waals surface area contributed by atoms with Gasteiger partial charge >= 0.3 is 0 Å². The third-order valence-electron chi connectivity index (χ3n) is 7.51. The van der Waals surface area contributed by atoms with Crippen LogP contribution in [-0.4, -0.2) is 34.5 Å². The van der Waals surface area contributed by atoms with Crippen molar-refractivity contribution >= 4 is 21.8 Å². The molecule has 7 heteroatoms. The summed E-state index contributed by atoms with van der Waals surface area (Å²) < 4.78 is 2.31. The van der Waals surface area contributed by atoms with E-state index in [4.69, 9.17) is 9.97 Å². The molecule has 0 aliphatic carbocycles. The van der Waals surface area contributed by atoms with E-state index >= 15 is 0 Å². The molecule has 0 bridgehead atoms. The van der Waals surface area contributed by atoms with Gasteiger partial charge in [0.2, 0.25) is 0 Å². The van der Waals surface area contributed by atoms with Crippen LogP contribution in [0.25, 0.3) is 61.4 Å². The Morgan fingerprint density at radius 1 is 0.452 bits per heavy atom. The van der Waals surface area contributed by atoms with Crippen LogP contribution in [0.1, 0.15) is 28.9 Å². The molecule has 0 saturated heterocycles. The Balaban J connectivity index is 1.51. The maximum Gasteiger partial charge on any atom is 0.165 e. The van der Waals surface area contributed by atoms with Gasteiger partial charge in [-0.05, 0) is 82.1 Å². The van der Waals surface area contributed by atoms with E-state index in [-0.39, 0.29) is 0 Å². The minimum Gasteiger partial charge on any atom is -0.309 e. The van der Waals surface area contributed by atoms with Crippen molar-refractivity contribution in [2.45, 2.75) is 34.6 Å². The lowest BCUT2D eigenvalue weighted by Gasteiger charge is -2.15. The second-order valence-electron chi connectivity index (χ2n) is 10.7. The summed E-state index contributed by atoms with van der Waals surface area (Å²) in [6.45, 7) is 9.67. The maximum absolute atomic E-state index is 4.78. The van der Waals surface area contributed by atoms with E-state index in [0.29, 0.717) is 34.9 Å². The lowest BCUT2D eigenvalue weighted by atomic mass is 10.0. The van der Waals surface area contributed by atoms with Gasteiger partial charge in [-0.25, -0.2) is 29.9 Å². The highest BCUT2D eigenvalue weighted by atomic mass is 15.0. The third-order valence-corrected chi connectivity index (χ3v) is 7.51. The topological polar surface area (TPSA) is 82.3 Å². The van der Waals surface area contributed by atoms with Gasteiger partial charge in [0, 0.05) is 21.9 Å². The number of aryl methyl sites for hydroxylation is 5. The van der Waals surface area contributed by atoms with Crippen molar-refractivity contribution in [1.82, 2.24) is 34.5 Å². The number of fused-ring (bicyclic) bond motifs is 3. The first kappa shape index (κ1) is 25.7.